The number of hydrogen-bond acceptors (Lipinski definition) is 4. The lowest BCUT2D eigenvalue weighted by atomic mass is 9.92. The predicted octanol–water partition coefficient (Wildman–Crippen LogP) is 16.7. The fourth-order valence-electron chi connectivity index (χ4n) is 13.0. The molecule has 0 spiro atoms. The first-order valence-electron chi connectivity index (χ1n) is 28.7. The molecule has 0 fully saturated rings. The van der Waals surface area contributed by atoms with Crippen LogP contribution in [0.5, 0.6) is 0 Å². The van der Waals surface area contributed by atoms with Gasteiger partial charge in [0, 0.05) is 56.3 Å². The van der Waals surface area contributed by atoms with Gasteiger partial charge in [0.2, 0.25) is 0 Å². The second-order valence-corrected chi connectivity index (χ2v) is 22.2. The van der Waals surface area contributed by atoms with Gasteiger partial charge in [-0.1, -0.05) is 243 Å². The van der Waals surface area contributed by atoms with Crippen molar-refractivity contribution in [3.63, 3.8) is 0 Å². The number of hydrogen-bond donors (Lipinski definition) is 1. The Balaban J connectivity index is 0.772. The Labute approximate surface area is 491 Å². The lowest BCUT2D eigenvalue weighted by molar-refractivity contribution is 0.0451. The third-order valence-corrected chi connectivity index (χ3v) is 17.3. The quantitative estimate of drug-likeness (QED) is 0.172. The summed E-state index contributed by atoms with van der Waals surface area (Å²) in [6, 6.07) is 85.3. The van der Waals surface area contributed by atoms with Gasteiger partial charge in [0.1, 0.15) is 5.84 Å². The van der Waals surface area contributed by atoms with E-state index < -0.39 is 11.8 Å². The van der Waals surface area contributed by atoms with E-state index in [0.717, 1.165) is 98.9 Å². The Kier molecular flexibility index (Phi) is 11.8. The average molecular weight is 1120 g/mol. The van der Waals surface area contributed by atoms with Gasteiger partial charge in [-0.3, -0.25) is 0 Å². The van der Waals surface area contributed by atoms with Crippen molar-refractivity contribution in [1.29, 1.82) is 0 Å². The van der Waals surface area contributed by atoms with Crippen molar-refractivity contribution in [2.45, 2.75) is 18.3 Å². The molecule has 0 amide bonds. The zero-order chi connectivity index (χ0) is 57.7. The minimum absolute atomic E-state index is 0.00279. The first kappa shape index (κ1) is 50.9. The van der Waals surface area contributed by atoms with E-state index in [1.54, 1.807) is 36.4 Å². The van der Waals surface area contributed by atoms with Crippen LogP contribution in [-0.4, -0.2) is 17.4 Å². The number of halogens is 4. The van der Waals surface area contributed by atoms with Crippen molar-refractivity contribution in [2.75, 3.05) is 0 Å². The first-order chi connectivity index (χ1) is 42.1. The number of nitrogens with zero attached hydrogens (tertiary/aromatic N) is 3. The summed E-state index contributed by atoms with van der Waals surface area (Å²) in [4.78, 5) is 15.5. The summed E-state index contributed by atoms with van der Waals surface area (Å²) >= 11 is 0. The smallest absolute Gasteiger partial charge is 0.299 e. The number of nitrogens with one attached hydrogen (secondary N) is 1. The van der Waals surface area contributed by atoms with Crippen LogP contribution in [-0.2, 0) is 11.8 Å². The van der Waals surface area contributed by atoms with Gasteiger partial charge in [0.15, 0.2) is 5.84 Å². The standard InChI is InChI=1S/C78H48F4N4/c79-77(80)67-27-15-14-26-61(67)62-36-33-53(43-69(62)77)56-39-41-66(60-25-13-11-23-58(56)60)76-84-71(48-16-4-1-5-17-48)45-72(85-76)50-30-28-47(29-31-50)52-32-35-63-64-37-34-54(44-70(64)78(81,82)68(63)42-52)55-38-40-65(59-24-12-10-22-57(55)59)74-46-73(49-18-6-2-7-19-49)83-75(86-74)51-20-8-3-9-21-51/h1-44,46H,45H2,(H,83,86). The summed E-state index contributed by atoms with van der Waals surface area (Å²) in [7, 11) is 0. The molecule has 12 aromatic carbocycles. The summed E-state index contributed by atoms with van der Waals surface area (Å²) in [5, 5.41) is 13.2. The number of aliphatic imine (C=N–C) groups is 3. The second-order valence-electron chi connectivity index (χ2n) is 22.2. The molecule has 408 valence electrons. The second kappa shape index (κ2) is 19.9. The maximum atomic E-state index is 17.2. The molecule has 0 aromatic heterocycles. The molecule has 2 aliphatic heterocycles. The average Bonchev–Trinajstić information content (AvgIpc) is 4.20. The van der Waals surface area contributed by atoms with Crippen LogP contribution in [0.2, 0.25) is 0 Å². The first-order valence-corrected chi connectivity index (χ1v) is 28.7. The zero-order valence-corrected chi connectivity index (χ0v) is 46.0. The fourth-order valence-corrected chi connectivity index (χ4v) is 13.0. The summed E-state index contributed by atoms with van der Waals surface area (Å²) in [5.41, 5.74) is 9.69. The topological polar surface area (TPSA) is 49.1 Å². The van der Waals surface area contributed by atoms with Gasteiger partial charge in [-0.05, 0) is 116 Å². The minimum atomic E-state index is -3.26. The van der Waals surface area contributed by atoms with Gasteiger partial charge >= 0.3 is 0 Å². The van der Waals surface area contributed by atoms with Crippen molar-refractivity contribution in [3.8, 4) is 22.3 Å². The predicted molar refractivity (Wildman–Crippen MR) is 338 cm³/mol. The Morgan fingerprint density at radius 3 is 1.56 bits per heavy atom. The summed E-state index contributed by atoms with van der Waals surface area (Å²) in [5.74, 6) is -5.11. The highest BCUT2D eigenvalue weighted by Gasteiger charge is 2.44. The van der Waals surface area contributed by atoms with E-state index in [1.165, 1.54) is 6.07 Å². The molecule has 0 unspecified atom stereocenters. The molecule has 86 heavy (non-hydrogen) atoms. The van der Waals surface area contributed by atoms with Gasteiger partial charge in [0.05, 0.1) is 17.1 Å². The van der Waals surface area contributed by atoms with E-state index in [0.29, 0.717) is 49.8 Å². The number of amidine groups is 2. The van der Waals surface area contributed by atoms with Crippen molar-refractivity contribution >= 4 is 56.0 Å². The van der Waals surface area contributed by atoms with Crippen LogP contribution in [0.4, 0.5) is 17.6 Å². The summed E-state index contributed by atoms with van der Waals surface area (Å²) < 4.78 is 66.3. The lowest BCUT2D eigenvalue weighted by Crippen LogP contribution is -2.29. The third-order valence-electron chi connectivity index (χ3n) is 17.3. The molecule has 0 atom stereocenters. The molecule has 0 bridgehead atoms. The van der Waals surface area contributed by atoms with Crippen molar-refractivity contribution in [3.05, 3.63) is 359 Å². The Hall–Kier alpha value is -10.8. The number of rotatable bonds is 5. The van der Waals surface area contributed by atoms with E-state index in [2.05, 4.69) is 41.7 Å². The minimum Gasteiger partial charge on any atom is -0.339 e. The maximum Gasteiger partial charge on any atom is 0.299 e. The molecule has 8 heteroatoms. The Morgan fingerprint density at radius 2 is 0.837 bits per heavy atom. The molecule has 2 heterocycles. The van der Waals surface area contributed by atoms with Gasteiger partial charge in [0.25, 0.3) is 11.8 Å². The van der Waals surface area contributed by atoms with E-state index in [4.69, 9.17) is 15.0 Å². The molecular formula is C78H48F4N4. The number of fused-ring (bicyclic) bond motifs is 7. The van der Waals surface area contributed by atoms with Crippen LogP contribution < -0.4 is 15.8 Å². The van der Waals surface area contributed by atoms with Crippen LogP contribution >= 0.6 is 0 Å². The van der Waals surface area contributed by atoms with E-state index in [1.807, 2.05) is 194 Å². The van der Waals surface area contributed by atoms with E-state index in [9.17, 15) is 0 Å². The maximum absolute atomic E-state index is 17.2. The van der Waals surface area contributed by atoms with Gasteiger partial charge in [-0.15, -0.1) is 0 Å². The van der Waals surface area contributed by atoms with E-state index in [-0.39, 0.29) is 22.3 Å². The number of benzene rings is 12. The molecule has 4 nitrogen and oxygen atoms in total. The monoisotopic (exact) mass is 1120 g/mol. The normalized spacial score (nSPS) is 16.3. The third kappa shape index (κ3) is 8.39. The van der Waals surface area contributed by atoms with Gasteiger partial charge < -0.3 is 5.32 Å². The van der Waals surface area contributed by atoms with Crippen molar-refractivity contribution in [1.82, 2.24) is 5.32 Å². The van der Waals surface area contributed by atoms with Crippen molar-refractivity contribution < 1.29 is 17.6 Å². The van der Waals surface area contributed by atoms with Crippen LogP contribution in [0.1, 0.15) is 50.9 Å². The zero-order valence-electron chi connectivity index (χ0n) is 46.0. The Morgan fingerprint density at radius 1 is 0.326 bits per heavy atom. The number of alkyl halides is 4. The molecule has 16 rings (SSSR count). The molecule has 4 aliphatic rings. The summed E-state index contributed by atoms with van der Waals surface area (Å²) in [6.07, 6.45) is 2.53. The SMILES string of the molecule is FC1(F)c2ccccc2-c2ccc(-c3ccc(C4=NC(=c5ccc(=c6ccc7c(c6)C(F)(F)c6cc(=c8ccc(=C9C=C(c%10ccccc%10)N=C(c%10ccccc%10)N9)c9ccccc89)ccc6=7)cc5)CC(c5ccccc5)=N4)c4ccccc34)cc21. The summed E-state index contributed by atoms with van der Waals surface area (Å²) in [6.45, 7) is 0. The molecule has 2 aliphatic carbocycles. The molecule has 0 radical (unpaired) electrons. The van der Waals surface area contributed by atoms with Gasteiger partial charge in [-0.25, -0.2) is 15.0 Å². The fraction of sp³-hybridized carbons (Fsp3) is 0.0385. The highest BCUT2D eigenvalue weighted by Crippen LogP contribution is 2.52. The highest BCUT2D eigenvalue weighted by atomic mass is 19.3. The van der Waals surface area contributed by atoms with Crippen LogP contribution in [0.15, 0.2) is 288 Å². The Bertz CT molecular complexity index is 5440. The molecular weight excluding hydrogens is 1070 g/mol. The molecule has 12 aromatic rings. The lowest BCUT2D eigenvalue weighted by Gasteiger charge is -2.19. The van der Waals surface area contributed by atoms with E-state index >= 15 is 17.6 Å². The van der Waals surface area contributed by atoms with Crippen LogP contribution in [0.25, 0.3) is 60.9 Å². The van der Waals surface area contributed by atoms with Crippen LogP contribution in [0.3, 0.4) is 0 Å². The van der Waals surface area contributed by atoms with Gasteiger partial charge in [-0.2, -0.15) is 17.6 Å². The molecule has 1 N–H and O–H groups in total. The highest BCUT2D eigenvalue weighted by molar-refractivity contribution is 6.22. The van der Waals surface area contributed by atoms with Crippen LogP contribution in [0, 0.1) is 31.3 Å². The molecule has 0 saturated heterocycles. The largest absolute Gasteiger partial charge is 0.339 e. The molecule has 0 saturated carbocycles. The van der Waals surface area contributed by atoms with Crippen molar-refractivity contribution in [2.24, 2.45) is 15.0 Å².